The van der Waals surface area contributed by atoms with Crippen molar-refractivity contribution in [2.24, 2.45) is 0 Å². The van der Waals surface area contributed by atoms with E-state index in [0.29, 0.717) is 0 Å². The van der Waals surface area contributed by atoms with Crippen LogP contribution in [0.2, 0.25) is 0 Å². The molecule has 0 saturated carbocycles. The van der Waals surface area contributed by atoms with Crippen molar-refractivity contribution < 1.29 is 0 Å². The van der Waals surface area contributed by atoms with E-state index in [1.165, 1.54) is 16.7 Å². The molecular weight excluding hydrogens is 218 g/mol. The molecule has 0 fully saturated rings. The van der Waals surface area contributed by atoms with Gasteiger partial charge in [-0.1, -0.05) is 66.7 Å². The van der Waals surface area contributed by atoms with Gasteiger partial charge in [-0.25, -0.2) is 0 Å². The third-order valence-electron chi connectivity index (χ3n) is 3.30. The van der Waals surface area contributed by atoms with Crippen LogP contribution < -0.4 is 5.32 Å². The molecule has 0 aliphatic carbocycles. The van der Waals surface area contributed by atoms with Gasteiger partial charge in [-0.3, -0.25) is 0 Å². The highest BCUT2D eigenvalue weighted by Crippen LogP contribution is 2.30. The van der Waals surface area contributed by atoms with Gasteiger partial charge in [-0.15, -0.1) is 0 Å². The van der Waals surface area contributed by atoms with E-state index in [4.69, 9.17) is 0 Å². The van der Waals surface area contributed by atoms with E-state index in [2.05, 4.69) is 72.0 Å². The Labute approximate surface area is 113 Å². The van der Waals surface area contributed by atoms with Crippen LogP contribution in [0.3, 0.4) is 0 Å². The summed E-state index contributed by atoms with van der Waals surface area (Å²) in [7, 11) is 0. The molecule has 0 spiro atoms. The summed E-state index contributed by atoms with van der Waals surface area (Å²) in [5.74, 6) is 0. The van der Waals surface area contributed by atoms with Crippen LogP contribution in [-0.4, -0.2) is 6.54 Å². The third-order valence-corrected chi connectivity index (χ3v) is 3.30. The average molecular weight is 247 g/mol. The lowest BCUT2D eigenvalue weighted by atomic mass is 9.79. The second-order valence-electron chi connectivity index (χ2n) is 7.20. The second-order valence-corrected chi connectivity index (χ2v) is 7.20. The molecule has 0 bridgehead atoms. The summed E-state index contributed by atoms with van der Waals surface area (Å²) in [6.07, 6.45) is 0. The van der Waals surface area contributed by atoms with Crippen LogP contribution in [-0.2, 0) is 17.4 Å². The van der Waals surface area contributed by atoms with Crippen LogP contribution in [0.1, 0.15) is 65.2 Å². The fraction of sp³-hybridized carbons (Fsp3) is 0.647. The minimum Gasteiger partial charge on any atom is -0.313 e. The lowest BCUT2D eigenvalue weighted by Crippen LogP contribution is -2.19. The topological polar surface area (TPSA) is 12.0 Å². The summed E-state index contributed by atoms with van der Waals surface area (Å²) in [5, 5.41) is 3.42. The van der Waals surface area contributed by atoms with E-state index in [1.807, 2.05) is 0 Å². The quantitative estimate of drug-likeness (QED) is 0.835. The standard InChI is InChI=1S/C17H29N/c1-8-18-12-13-9-14(16(2,3)4)11-15(10-13)17(5,6)7/h9-11,18H,8,12H2,1-7H3. The zero-order valence-corrected chi connectivity index (χ0v) is 13.1. The molecule has 1 heteroatoms. The van der Waals surface area contributed by atoms with Crippen LogP contribution in [0.4, 0.5) is 0 Å². The van der Waals surface area contributed by atoms with Crippen molar-refractivity contribution in [2.45, 2.75) is 65.8 Å². The fourth-order valence-electron chi connectivity index (χ4n) is 1.93. The molecule has 18 heavy (non-hydrogen) atoms. The molecule has 0 amide bonds. The molecule has 0 aliphatic rings. The average Bonchev–Trinajstić information content (AvgIpc) is 2.23. The number of benzene rings is 1. The number of rotatable bonds is 3. The molecule has 0 unspecified atom stereocenters. The zero-order valence-electron chi connectivity index (χ0n) is 13.1. The van der Waals surface area contributed by atoms with Crippen molar-refractivity contribution in [1.29, 1.82) is 0 Å². The summed E-state index contributed by atoms with van der Waals surface area (Å²) in [5.41, 5.74) is 4.68. The van der Waals surface area contributed by atoms with Crippen molar-refractivity contribution in [1.82, 2.24) is 5.32 Å². The predicted octanol–water partition coefficient (Wildman–Crippen LogP) is 4.39. The normalized spacial score (nSPS) is 12.8. The molecule has 0 aliphatic heterocycles. The summed E-state index contributed by atoms with van der Waals surface area (Å²) >= 11 is 0. The summed E-state index contributed by atoms with van der Waals surface area (Å²) in [6.45, 7) is 17.8. The Morgan fingerprint density at radius 1 is 0.833 bits per heavy atom. The number of hydrogen-bond donors (Lipinski definition) is 1. The van der Waals surface area contributed by atoms with E-state index in [9.17, 15) is 0 Å². The van der Waals surface area contributed by atoms with Crippen LogP contribution in [0.5, 0.6) is 0 Å². The van der Waals surface area contributed by atoms with E-state index in [0.717, 1.165) is 13.1 Å². The van der Waals surface area contributed by atoms with E-state index >= 15 is 0 Å². The maximum absolute atomic E-state index is 3.42. The lowest BCUT2D eigenvalue weighted by molar-refractivity contribution is 0.565. The largest absolute Gasteiger partial charge is 0.313 e. The van der Waals surface area contributed by atoms with Crippen LogP contribution in [0, 0.1) is 0 Å². The van der Waals surface area contributed by atoms with Gasteiger partial charge in [0.15, 0.2) is 0 Å². The highest BCUT2D eigenvalue weighted by molar-refractivity contribution is 5.37. The fourth-order valence-corrected chi connectivity index (χ4v) is 1.93. The molecule has 0 atom stereocenters. The molecule has 102 valence electrons. The first-order valence-electron chi connectivity index (χ1n) is 7.00. The molecule has 0 aromatic heterocycles. The predicted molar refractivity (Wildman–Crippen MR) is 81.2 cm³/mol. The minimum absolute atomic E-state index is 0.211. The Balaban J connectivity index is 3.21. The highest BCUT2D eigenvalue weighted by atomic mass is 14.8. The van der Waals surface area contributed by atoms with Crippen LogP contribution >= 0.6 is 0 Å². The zero-order chi connectivity index (χ0) is 14.0. The summed E-state index contributed by atoms with van der Waals surface area (Å²) in [6, 6.07) is 7.06. The van der Waals surface area contributed by atoms with Gasteiger partial charge in [0.25, 0.3) is 0 Å². The Kier molecular flexibility index (Phi) is 4.61. The smallest absolute Gasteiger partial charge is 0.0205 e. The second kappa shape index (κ2) is 5.44. The first-order valence-corrected chi connectivity index (χ1v) is 7.00. The van der Waals surface area contributed by atoms with Gasteiger partial charge in [-0.05, 0) is 34.1 Å². The summed E-state index contributed by atoms with van der Waals surface area (Å²) < 4.78 is 0. The van der Waals surface area contributed by atoms with Gasteiger partial charge < -0.3 is 5.32 Å². The molecule has 1 N–H and O–H groups in total. The Morgan fingerprint density at radius 2 is 1.28 bits per heavy atom. The number of nitrogens with one attached hydrogen (secondary N) is 1. The van der Waals surface area contributed by atoms with Crippen LogP contribution in [0.15, 0.2) is 18.2 Å². The molecule has 1 aromatic rings. The minimum atomic E-state index is 0.211. The van der Waals surface area contributed by atoms with E-state index < -0.39 is 0 Å². The Morgan fingerprint density at radius 3 is 1.61 bits per heavy atom. The van der Waals surface area contributed by atoms with Gasteiger partial charge in [0.2, 0.25) is 0 Å². The molecular formula is C17H29N. The SMILES string of the molecule is CCNCc1cc(C(C)(C)C)cc(C(C)(C)C)c1. The Hall–Kier alpha value is -0.820. The van der Waals surface area contributed by atoms with Gasteiger partial charge in [-0.2, -0.15) is 0 Å². The maximum atomic E-state index is 3.42. The first kappa shape index (κ1) is 15.2. The van der Waals surface area contributed by atoms with E-state index in [-0.39, 0.29) is 10.8 Å². The summed E-state index contributed by atoms with van der Waals surface area (Å²) in [4.78, 5) is 0. The Bertz CT molecular complexity index is 359. The highest BCUT2D eigenvalue weighted by Gasteiger charge is 2.20. The lowest BCUT2D eigenvalue weighted by Gasteiger charge is -2.26. The maximum Gasteiger partial charge on any atom is 0.0205 e. The van der Waals surface area contributed by atoms with Gasteiger partial charge in [0, 0.05) is 6.54 Å². The molecule has 0 heterocycles. The van der Waals surface area contributed by atoms with E-state index in [1.54, 1.807) is 0 Å². The molecule has 1 rings (SSSR count). The molecule has 0 radical (unpaired) electrons. The number of hydrogen-bond acceptors (Lipinski definition) is 1. The van der Waals surface area contributed by atoms with Gasteiger partial charge in [0.05, 0.1) is 0 Å². The van der Waals surface area contributed by atoms with Crippen molar-refractivity contribution >= 4 is 0 Å². The first-order chi connectivity index (χ1) is 8.14. The van der Waals surface area contributed by atoms with Crippen LogP contribution in [0.25, 0.3) is 0 Å². The molecule has 1 aromatic carbocycles. The molecule has 0 saturated heterocycles. The van der Waals surface area contributed by atoms with Crippen molar-refractivity contribution in [3.8, 4) is 0 Å². The monoisotopic (exact) mass is 247 g/mol. The van der Waals surface area contributed by atoms with Gasteiger partial charge in [0.1, 0.15) is 0 Å². The third kappa shape index (κ3) is 4.13. The van der Waals surface area contributed by atoms with Crippen molar-refractivity contribution in [3.63, 3.8) is 0 Å². The van der Waals surface area contributed by atoms with Gasteiger partial charge >= 0.3 is 0 Å². The van der Waals surface area contributed by atoms with Crippen molar-refractivity contribution in [3.05, 3.63) is 34.9 Å². The molecule has 1 nitrogen and oxygen atoms in total. The van der Waals surface area contributed by atoms with Crippen molar-refractivity contribution in [2.75, 3.05) is 6.54 Å².